The first kappa shape index (κ1) is 21.4. The Balaban J connectivity index is 2.07. The number of aromatic hydroxyl groups is 1. The van der Waals surface area contributed by atoms with Crippen LogP contribution in [0.3, 0.4) is 0 Å². The van der Waals surface area contributed by atoms with E-state index in [9.17, 15) is 19.8 Å². The van der Waals surface area contributed by atoms with Crippen molar-refractivity contribution in [2.45, 2.75) is 26.0 Å². The van der Waals surface area contributed by atoms with Gasteiger partial charge in [0.2, 0.25) is 0 Å². The molecule has 3 rings (SSSR count). The molecule has 158 valence electrons. The number of nitrogens with zero attached hydrogens (tertiary/aromatic N) is 1. The summed E-state index contributed by atoms with van der Waals surface area (Å²) in [6.07, 6.45) is 0.00468. The highest BCUT2D eigenvalue weighted by molar-refractivity contribution is 6.46. The number of aliphatic hydroxyl groups is 1. The van der Waals surface area contributed by atoms with Crippen molar-refractivity contribution in [2.75, 3.05) is 20.3 Å². The molecular formula is C23H25NO6. The molecule has 1 amide bonds. The van der Waals surface area contributed by atoms with E-state index in [1.54, 1.807) is 36.4 Å². The van der Waals surface area contributed by atoms with Gasteiger partial charge in [-0.05, 0) is 55.8 Å². The van der Waals surface area contributed by atoms with E-state index in [1.807, 2.05) is 13.8 Å². The van der Waals surface area contributed by atoms with Gasteiger partial charge in [-0.25, -0.2) is 0 Å². The Bertz CT molecular complexity index is 947. The molecule has 1 aliphatic rings. The fourth-order valence-electron chi connectivity index (χ4n) is 3.42. The van der Waals surface area contributed by atoms with Crippen LogP contribution >= 0.6 is 0 Å². The summed E-state index contributed by atoms with van der Waals surface area (Å²) in [5.41, 5.74) is 1.00. The van der Waals surface area contributed by atoms with Crippen LogP contribution in [0.25, 0.3) is 5.76 Å². The fraction of sp³-hybridized carbons (Fsp3) is 0.304. The zero-order valence-electron chi connectivity index (χ0n) is 17.2. The maximum absolute atomic E-state index is 12.8. The number of phenols is 1. The van der Waals surface area contributed by atoms with Gasteiger partial charge < -0.3 is 24.6 Å². The summed E-state index contributed by atoms with van der Waals surface area (Å²) in [6.45, 7) is 4.24. The number of rotatable bonds is 7. The number of aliphatic hydroxyl groups excluding tert-OH is 1. The standard InChI is InChI=1S/C23H25NO6/c1-14(2)30-18-10-6-16(7-11-18)21(26)19-20(15-4-8-17(25)9-5-15)24(12-13-29-3)23(28)22(19)27/h4-11,14,20,25-26H,12-13H2,1-3H3/b21-19+/t20-/m0/s1. The molecule has 30 heavy (non-hydrogen) atoms. The van der Waals surface area contributed by atoms with Crippen molar-refractivity contribution >= 4 is 17.4 Å². The number of ether oxygens (including phenoxy) is 2. The molecule has 2 aromatic rings. The lowest BCUT2D eigenvalue weighted by molar-refractivity contribution is -0.140. The van der Waals surface area contributed by atoms with Gasteiger partial charge in [0, 0.05) is 19.2 Å². The van der Waals surface area contributed by atoms with Gasteiger partial charge in [-0.1, -0.05) is 12.1 Å². The fourth-order valence-corrected chi connectivity index (χ4v) is 3.42. The maximum Gasteiger partial charge on any atom is 0.295 e. The second kappa shape index (κ2) is 9.00. The third-order valence-corrected chi connectivity index (χ3v) is 4.78. The Morgan fingerprint density at radius 1 is 1.07 bits per heavy atom. The lowest BCUT2D eigenvalue weighted by Crippen LogP contribution is -2.32. The Kier molecular flexibility index (Phi) is 6.42. The molecule has 0 bridgehead atoms. The van der Waals surface area contributed by atoms with Crippen molar-refractivity contribution in [3.63, 3.8) is 0 Å². The van der Waals surface area contributed by atoms with Crippen LogP contribution in [0, 0.1) is 0 Å². The largest absolute Gasteiger partial charge is 0.508 e. The van der Waals surface area contributed by atoms with Crippen molar-refractivity contribution in [2.24, 2.45) is 0 Å². The van der Waals surface area contributed by atoms with Crippen molar-refractivity contribution in [3.8, 4) is 11.5 Å². The van der Waals surface area contributed by atoms with Gasteiger partial charge in [-0.15, -0.1) is 0 Å². The van der Waals surface area contributed by atoms with Crippen LogP contribution in [-0.4, -0.2) is 53.2 Å². The topological polar surface area (TPSA) is 96.3 Å². The summed E-state index contributed by atoms with van der Waals surface area (Å²) in [5.74, 6) is -1.02. The second-order valence-electron chi connectivity index (χ2n) is 7.27. The van der Waals surface area contributed by atoms with Crippen molar-refractivity contribution in [1.29, 1.82) is 0 Å². The van der Waals surface area contributed by atoms with E-state index < -0.39 is 17.7 Å². The number of Topliss-reactive ketones (excluding diaryl/α,β-unsaturated/α-hetero) is 1. The van der Waals surface area contributed by atoms with E-state index in [1.165, 1.54) is 24.1 Å². The Hall–Kier alpha value is -3.32. The van der Waals surface area contributed by atoms with Crippen LogP contribution in [0.5, 0.6) is 11.5 Å². The number of likely N-dealkylation sites (tertiary alicyclic amines) is 1. The van der Waals surface area contributed by atoms with E-state index in [4.69, 9.17) is 9.47 Å². The van der Waals surface area contributed by atoms with Crippen LogP contribution in [0.2, 0.25) is 0 Å². The molecule has 7 heteroatoms. The molecule has 2 N–H and O–H groups in total. The highest BCUT2D eigenvalue weighted by atomic mass is 16.5. The van der Waals surface area contributed by atoms with Crippen molar-refractivity contribution < 1.29 is 29.3 Å². The predicted molar refractivity (Wildman–Crippen MR) is 111 cm³/mol. The molecule has 0 spiro atoms. The molecule has 1 aliphatic heterocycles. The van der Waals surface area contributed by atoms with Gasteiger partial charge in [0.25, 0.3) is 11.7 Å². The van der Waals surface area contributed by atoms with E-state index in [-0.39, 0.29) is 36.3 Å². The Morgan fingerprint density at radius 3 is 2.27 bits per heavy atom. The highest BCUT2D eigenvalue weighted by Crippen LogP contribution is 2.39. The molecule has 1 saturated heterocycles. The first-order valence-electron chi connectivity index (χ1n) is 9.67. The SMILES string of the molecule is COCCN1C(=O)C(=O)/C(=C(/O)c2ccc(OC(C)C)cc2)[C@@H]1c1ccc(O)cc1. The average molecular weight is 411 g/mol. The van der Waals surface area contributed by atoms with Crippen LogP contribution in [0.4, 0.5) is 0 Å². The molecule has 0 saturated carbocycles. The zero-order chi connectivity index (χ0) is 21.8. The van der Waals surface area contributed by atoms with Gasteiger partial charge in [0.1, 0.15) is 17.3 Å². The lowest BCUT2D eigenvalue weighted by atomic mass is 9.95. The molecule has 1 atom stereocenters. The minimum Gasteiger partial charge on any atom is -0.508 e. The number of benzene rings is 2. The summed E-state index contributed by atoms with van der Waals surface area (Å²) in [7, 11) is 1.51. The molecule has 0 aromatic heterocycles. The number of ketones is 1. The van der Waals surface area contributed by atoms with Crippen LogP contribution < -0.4 is 4.74 Å². The first-order valence-corrected chi connectivity index (χ1v) is 9.67. The first-order chi connectivity index (χ1) is 14.3. The van der Waals surface area contributed by atoms with Gasteiger partial charge in [0.05, 0.1) is 24.3 Å². The van der Waals surface area contributed by atoms with E-state index in [0.717, 1.165) is 0 Å². The van der Waals surface area contributed by atoms with Gasteiger partial charge in [-0.2, -0.15) is 0 Å². The predicted octanol–water partition coefficient (Wildman–Crippen LogP) is 3.25. The molecule has 1 fully saturated rings. The maximum atomic E-state index is 12.8. The van der Waals surface area contributed by atoms with Gasteiger partial charge in [0.15, 0.2) is 0 Å². The average Bonchev–Trinajstić information content (AvgIpc) is 2.97. The van der Waals surface area contributed by atoms with Crippen molar-refractivity contribution in [1.82, 2.24) is 4.90 Å². The molecule has 0 radical (unpaired) electrons. The third kappa shape index (κ3) is 4.31. The molecule has 0 aliphatic carbocycles. The molecule has 1 heterocycles. The van der Waals surface area contributed by atoms with Crippen LogP contribution in [0.1, 0.15) is 31.0 Å². The molecule has 0 unspecified atom stereocenters. The minimum atomic E-state index is -0.785. The summed E-state index contributed by atoms with van der Waals surface area (Å²) in [5, 5.41) is 20.6. The van der Waals surface area contributed by atoms with Gasteiger partial charge in [-0.3, -0.25) is 9.59 Å². The molecular weight excluding hydrogens is 386 g/mol. The van der Waals surface area contributed by atoms with Crippen LogP contribution in [0.15, 0.2) is 54.1 Å². The summed E-state index contributed by atoms with van der Waals surface area (Å²) < 4.78 is 10.7. The summed E-state index contributed by atoms with van der Waals surface area (Å²) in [4.78, 5) is 26.9. The number of carbonyl (C=O) groups excluding carboxylic acids is 2. The second-order valence-corrected chi connectivity index (χ2v) is 7.27. The number of amides is 1. The minimum absolute atomic E-state index is 0.000629. The van der Waals surface area contributed by atoms with E-state index >= 15 is 0 Å². The third-order valence-electron chi connectivity index (χ3n) is 4.78. The van der Waals surface area contributed by atoms with E-state index in [0.29, 0.717) is 16.9 Å². The van der Waals surface area contributed by atoms with E-state index in [2.05, 4.69) is 0 Å². The molecule has 2 aromatic carbocycles. The molecule has 7 nitrogen and oxygen atoms in total. The monoisotopic (exact) mass is 411 g/mol. The summed E-state index contributed by atoms with van der Waals surface area (Å²) in [6, 6.07) is 12.1. The lowest BCUT2D eigenvalue weighted by Gasteiger charge is -2.25. The summed E-state index contributed by atoms with van der Waals surface area (Å²) >= 11 is 0. The number of phenolic OH excluding ortho intramolecular Hbond substituents is 1. The smallest absolute Gasteiger partial charge is 0.295 e. The Morgan fingerprint density at radius 2 is 1.70 bits per heavy atom. The van der Waals surface area contributed by atoms with Crippen LogP contribution in [-0.2, 0) is 14.3 Å². The number of hydrogen-bond acceptors (Lipinski definition) is 6. The number of carbonyl (C=O) groups is 2. The van der Waals surface area contributed by atoms with Gasteiger partial charge >= 0.3 is 0 Å². The highest BCUT2D eigenvalue weighted by Gasteiger charge is 2.45. The quantitative estimate of drug-likeness (QED) is 0.413. The Labute approximate surface area is 175 Å². The number of hydrogen-bond donors (Lipinski definition) is 2. The zero-order valence-corrected chi connectivity index (χ0v) is 17.2. The van der Waals surface area contributed by atoms with Crippen molar-refractivity contribution in [3.05, 3.63) is 65.2 Å². The normalized spacial score (nSPS) is 18.3. The number of methoxy groups -OCH3 is 1.